The predicted molar refractivity (Wildman–Crippen MR) is 130 cm³/mol. The Morgan fingerprint density at radius 3 is 2.59 bits per heavy atom. The molecule has 0 aromatic heterocycles. The molecule has 1 amide bonds. The highest BCUT2D eigenvalue weighted by Crippen LogP contribution is 2.17. The molecule has 1 aliphatic heterocycles. The van der Waals surface area contributed by atoms with Crippen LogP contribution in [0.25, 0.3) is 0 Å². The van der Waals surface area contributed by atoms with Crippen LogP contribution < -0.4 is 10.6 Å². The van der Waals surface area contributed by atoms with Gasteiger partial charge in [0, 0.05) is 45.6 Å². The van der Waals surface area contributed by atoms with Crippen LogP contribution >= 0.6 is 24.0 Å². The maximum absolute atomic E-state index is 12.3. The molecule has 6 heteroatoms. The predicted octanol–water partition coefficient (Wildman–Crippen LogP) is 3.37. The fourth-order valence-electron chi connectivity index (χ4n) is 3.59. The average Bonchev–Trinajstić information content (AvgIpc) is 3.07. The molecule has 1 fully saturated rings. The van der Waals surface area contributed by atoms with E-state index in [0.717, 1.165) is 38.6 Å². The average molecular weight is 506 g/mol. The first-order valence-corrected chi connectivity index (χ1v) is 9.96. The molecule has 0 saturated carbocycles. The summed E-state index contributed by atoms with van der Waals surface area (Å²) in [4.78, 5) is 18.6. The van der Waals surface area contributed by atoms with E-state index in [1.807, 2.05) is 23.1 Å². The van der Waals surface area contributed by atoms with Gasteiger partial charge in [-0.15, -0.1) is 24.0 Å². The van der Waals surface area contributed by atoms with Crippen molar-refractivity contribution in [2.75, 3.05) is 26.7 Å². The molecule has 2 aromatic rings. The third-order valence-corrected chi connectivity index (χ3v) is 5.13. The Hall–Kier alpha value is -2.09. The van der Waals surface area contributed by atoms with Gasteiger partial charge in [0.2, 0.25) is 5.91 Å². The van der Waals surface area contributed by atoms with Crippen molar-refractivity contribution in [2.24, 2.45) is 10.9 Å². The zero-order chi connectivity index (χ0) is 19.8. The molecule has 5 nitrogen and oxygen atoms in total. The Balaban J connectivity index is 0.00000300. The maximum atomic E-state index is 12.3. The van der Waals surface area contributed by atoms with Gasteiger partial charge in [0.15, 0.2) is 5.96 Å². The molecule has 0 spiro atoms. The number of likely N-dealkylation sites (tertiary alicyclic amines) is 1. The van der Waals surface area contributed by atoms with Crippen LogP contribution in [0.4, 0.5) is 0 Å². The van der Waals surface area contributed by atoms with E-state index >= 15 is 0 Å². The summed E-state index contributed by atoms with van der Waals surface area (Å²) in [5.41, 5.74) is 3.76. The van der Waals surface area contributed by atoms with Gasteiger partial charge in [0.1, 0.15) is 0 Å². The lowest BCUT2D eigenvalue weighted by atomic mass is 10.1. The molecule has 0 radical (unpaired) electrons. The molecule has 0 bridgehead atoms. The molecule has 2 aromatic carbocycles. The Morgan fingerprint density at radius 1 is 1.10 bits per heavy atom. The fraction of sp³-hybridized carbons (Fsp3) is 0.391. The first kappa shape index (κ1) is 23.2. The summed E-state index contributed by atoms with van der Waals surface area (Å²) in [5, 5.41) is 6.72. The summed E-state index contributed by atoms with van der Waals surface area (Å²) < 4.78 is 0. The van der Waals surface area contributed by atoms with E-state index in [0.29, 0.717) is 12.3 Å². The minimum Gasteiger partial charge on any atom is -0.356 e. The van der Waals surface area contributed by atoms with Gasteiger partial charge < -0.3 is 15.5 Å². The standard InChI is InChI=1S/C23H30N4O.HI/c1-18-7-6-10-20(13-18)15-25-23(24-2)26-16-21-14-22(28)27(17-21)12-11-19-8-4-3-5-9-19;/h3-10,13,21H,11-12,14-17H2,1-2H3,(H2,24,25,26);1H. The minimum atomic E-state index is 0. The van der Waals surface area contributed by atoms with Gasteiger partial charge in [0.25, 0.3) is 0 Å². The molecule has 3 rings (SSSR count). The lowest BCUT2D eigenvalue weighted by Crippen LogP contribution is -2.40. The molecule has 0 aliphatic carbocycles. The smallest absolute Gasteiger partial charge is 0.223 e. The van der Waals surface area contributed by atoms with E-state index in [9.17, 15) is 4.79 Å². The van der Waals surface area contributed by atoms with Gasteiger partial charge in [-0.3, -0.25) is 9.79 Å². The van der Waals surface area contributed by atoms with E-state index in [4.69, 9.17) is 0 Å². The van der Waals surface area contributed by atoms with Crippen LogP contribution in [0, 0.1) is 12.8 Å². The van der Waals surface area contributed by atoms with Crippen LogP contribution in [0.5, 0.6) is 0 Å². The number of amides is 1. The molecule has 1 saturated heterocycles. The number of hydrogen-bond acceptors (Lipinski definition) is 2. The second-order valence-corrected chi connectivity index (χ2v) is 7.44. The molecule has 2 N–H and O–H groups in total. The highest BCUT2D eigenvalue weighted by Gasteiger charge is 2.29. The Kier molecular flexibility index (Phi) is 9.44. The molecule has 29 heavy (non-hydrogen) atoms. The second kappa shape index (κ2) is 11.8. The van der Waals surface area contributed by atoms with Gasteiger partial charge in [-0.2, -0.15) is 0 Å². The number of benzene rings is 2. The van der Waals surface area contributed by atoms with Gasteiger partial charge >= 0.3 is 0 Å². The quantitative estimate of drug-likeness (QED) is 0.344. The zero-order valence-corrected chi connectivity index (χ0v) is 19.6. The van der Waals surface area contributed by atoms with E-state index in [2.05, 4.69) is 58.9 Å². The molecular weight excluding hydrogens is 475 g/mol. The van der Waals surface area contributed by atoms with Gasteiger partial charge in [-0.05, 0) is 24.5 Å². The number of carbonyl (C=O) groups excluding carboxylic acids is 1. The molecule has 1 unspecified atom stereocenters. The van der Waals surface area contributed by atoms with Gasteiger partial charge in [0.05, 0.1) is 0 Å². The normalized spacial score (nSPS) is 16.5. The molecular formula is C23H31IN4O. The van der Waals surface area contributed by atoms with Crippen molar-refractivity contribution in [3.05, 3.63) is 71.3 Å². The van der Waals surface area contributed by atoms with Crippen molar-refractivity contribution in [2.45, 2.75) is 26.3 Å². The largest absolute Gasteiger partial charge is 0.356 e. The Labute approximate surface area is 191 Å². The van der Waals surface area contributed by atoms with Crippen LogP contribution in [0.15, 0.2) is 59.6 Å². The number of nitrogens with zero attached hydrogens (tertiary/aromatic N) is 2. The number of aryl methyl sites for hydroxylation is 1. The number of halogens is 1. The molecule has 1 heterocycles. The zero-order valence-electron chi connectivity index (χ0n) is 17.2. The summed E-state index contributed by atoms with van der Waals surface area (Å²) in [6.07, 6.45) is 1.52. The summed E-state index contributed by atoms with van der Waals surface area (Å²) >= 11 is 0. The molecule has 1 aliphatic rings. The van der Waals surface area contributed by atoms with E-state index in [-0.39, 0.29) is 29.9 Å². The number of guanidine groups is 1. The van der Waals surface area contributed by atoms with E-state index in [1.165, 1.54) is 16.7 Å². The summed E-state index contributed by atoms with van der Waals surface area (Å²) in [5.74, 6) is 1.35. The number of rotatable bonds is 7. The van der Waals surface area contributed by atoms with Gasteiger partial charge in [-0.1, -0.05) is 60.2 Å². The first-order valence-electron chi connectivity index (χ1n) is 9.96. The third-order valence-electron chi connectivity index (χ3n) is 5.13. The maximum Gasteiger partial charge on any atom is 0.223 e. The van der Waals surface area contributed by atoms with Crippen LogP contribution in [0.3, 0.4) is 0 Å². The first-order chi connectivity index (χ1) is 13.6. The molecule has 1 atom stereocenters. The van der Waals surface area contributed by atoms with Crippen LogP contribution in [0.1, 0.15) is 23.1 Å². The highest BCUT2D eigenvalue weighted by molar-refractivity contribution is 14.0. The van der Waals surface area contributed by atoms with E-state index < -0.39 is 0 Å². The van der Waals surface area contributed by atoms with Crippen LogP contribution in [-0.4, -0.2) is 43.4 Å². The minimum absolute atomic E-state index is 0. The Morgan fingerprint density at radius 2 is 1.86 bits per heavy atom. The third kappa shape index (κ3) is 7.34. The topological polar surface area (TPSA) is 56.7 Å². The number of nitrogens with one attached hydrogen (secondary N) is 2. The van der Waals surface area contributed by atoms with Crippen LogP contribution in [-0.2, 0) is 17.8 Å². The van der Waals surface area contributed by atoms with Crippen molar-refractivity contribution < 1.29 is 4.79 Å². The molecule has 156 valence electrons. The van der Waals surface area contributed by atoms with E-state index in [1.54, 1.807) is 7.05 Å². The van der Waals surface area contributed by atoms with Gasteiger partial charge in [-0.25, -0.2) is 0 Å². The number of aliphatic imine (C=N–C) groups is 1. The summed E-state index contributed by atoms with van der Waals surface area (Å²) in [7, 11) is 1.78. The summed E-state index contributed by atoms with van der Waals surface area (Å²) in [6, 6.07) is 18.8. The lowest BCUT2D eigenvalue weighted by Gasteiger charge is -2.18. The van der Waals surface area contributed by atoms with Crippen molar-refractivity contribution >= 4 is 35.8 Å². The van der Waals surface area contributed by atoms with Crippen molar-refractivity contribution in [3.63, 3.8) is 0 Å². The van der Waals surface area contributed by atoms with Crippen molar-refractivity contribution in [1.29, 1.82) is 0 Å². The van der Waals surface area contributed by atoms with Crippen molar-refractivity contribution in [1.82, 2.24) is 15.5 Å². The van der Waals surface area contributed by atoms with Crippen LogP contribution in [0.2, 0.25) is 0 Å². The fourth-order valence-corrected chi connectivity index (χ4v) is 3.59. The number of carbonyl (C=O) groups is 1. The monoisotopic (exact) mass is 506 g/mol. The second-order valence-electron chi connectivity index (χ2n) is 7.44. The SMILES string of the molecule is CN=C(NCc1cccc(C)c1)NCC1CC(=O)N(CCc2ccccc2)C1.I. The summed E-state index contributed by atoms with van der Waals surface area (Å²) in [6.45, 7) is 5.18. The Bertz CT molecular complexity index is 810. The number of hydrogen-bond donors (Lipinski definition) is 2. The lowest BCUT2D eigenvalue weighted by molar-refractivity contribution is -0.127. The highest BCUT2D eigenvalue weighted by atomic mass is 127. The van der Waals surface area contributed by atoms with Crippen molar-refractivity contribution in [3.8, 4) is 0 Å².